The van der Waals surface area contributed by atoms with Gasteiger partial charge in [-0.3, -0.25) is 14.4 Å². The molecule has 0 saturated carbocycles. The van der Waals surface area contributed by atoms with Gasteiger partial charge in [0.1, 0.15) is 11.8 Å². The van der Waals surface area contributed by atoms with E-state index in [1.165, 1.54) is 0 Å². The van der Waals surface area contributed by atoms with Gasteiger partial charge in [0, 0.05) is 12.8 Å². The number of aryl methyl sites for hydroxylation is 1. The zero-order valence-electron chi connectivity index (χ0n) is 27.2. The van der Waals surface area contributed by atoms with Crippen LogP contribution in [0.15, 0.2) is 146 Å². The van der Waals surface area contributed by atoms with E-state index in [2.05, 4.69) is 16.0 Å². The summed E-state index contributed by atoms with van der Waals surface area (Å²) in [6, 6.07) is 42.5. The number of ether oxygens (including phenoxy) is 2. The average Bonchev–Trinajstić information content (AvgIpc) is 3.16. The first kappa shape index (κ1) is 33.7. The average molecular weight is 668 g/mol. The van der Waals surface area contributed by atoms with Crippen LogP contribution in [-0.4, -0.2) is 42.0 Å². The third kappa shape index (κ3) is 8.82. The van der Waals surface area contributed by atoms with Gasteiger partial charge < -0.3 is 25.4 Å². The van der Waals surface area contributed by atoms with Crippen molar-refractivity contribution in [1.29, 1.82) is 0 Å². The Morgan fingerprint density at radius 1 is 0.680 bits per heavy atom. The maximum Gasteiger partial charge on any atom is 0.339 e. The summed E-state index contributed by atoms with van der Waals surface area (Å²) in [6.07, 6.45) is -0.451. The SMILES string of the molecule is O=C(CCc1ccccc1)N[C@@H](Cc1ccccc1)C(=O)N[C@@H]1C(=O)N[C@H]1Oc1ccc(C(=O)OC(c2ccccc2)c2ccccc2)cc1. The predicted molar refractivity (Wildman–Crippen MR) is 188 cm³/mol. The van der Waals surface area contributed by atoms with Gasteiger partial charge in [-0.2, -0.15) is 0 Å². The maximum atomic E-state index is 13.5. The Morgan fingerprint density at radius 3 is 1.78 bits per heavy atom. The number of carbonyl (C=O) groups is 4. The van der Waals surface area contributed by atoms with Gasteiger partial charge in [-0.25, -0.2) is 4.79 Å². The third-order valence-corrected chi connectivity index (χ3v) is 8.37. The number of esters is 1. The number of hydrogen-bond acceptors (Lipinski definition) is 6. The van der Waals surface area contributed by atoms with Crippen molar-refractivity contribution in [1.82, 2.24) is 16.0 Å². The second-order valence-corrected chi connectivity index (χ2v) is 12.0. The zero-order chi connectivity index (χ0) is 34.7. The highest BCUT2D eigenvalue weighted by Crippen LogP contribution is 2.27. The van der Waals surface area contributed by atoms with Crippen LogP contribution in [0.1, 0.15) is 45.1 Å². The number of rotatable bonds is 14. The lowest BCUT2D eigenvalue weighted by molar-refractivity contribution is -0.144. The van der Waals surface area contributed by atoms with Crippen molar-refractivity contribution in [2.75, 3.05) is 0 Å². The minimum absolute atomic E-state index is 0.209. The number of hydrogen-bond donors (Lipinski definition) is 3. The lowest BCUT2D eigenvalue weighted by Crippen LogP contribution is -2.72. The van der Waals surface area contributed by atoms with Crippen LogP contribution >= 0.6 is 0 Å². The molecule has 0 radical (unpaired) electrons. The van der Waals surface area contributed by atoms with Crippen LogP contribution in [0.3, 0.4) is 0 Å². The Balaban J connectivity index is 1.07. The van der Waals surface area contributed by atoms with E-state index in [9.17, 15) is 19.2 Å². The van der Waals surface area contributed by atoms with Crippen molar-refractivity contribution in [3.63, 3.8) is 0 Å². The quantitative estimate of drug-likeness (QED) is 0.109. The van der Waals surface area contributed by atoms with Crippen molar-refractivity contribution < 1.29 is 28.7 Å². The molecule has 252 valence electrons. The minimum Gasteiger partial charge on any atom is -0.468 e. The summed E-state index contributed by atoms with van der Waals surface area (Å²) in [6.45, 7) is 0. The summed E-state index contributed by atoms with van der Waals surface area (Å²) in [7, 11) is 0. The fourth-order valence-electron chi connectivity index (χ4n) is 5.65. The van der Waals surface area contributed by atoms with E-state index in [-0.39, 0.29) is 18.7 Å². The first-order valence-corrected chi connectivity index (χ1v) is 16.5. The van der Waals surface area contributed by atoms with Gasteiger partial charge in [0.25, 0.3) is 5.91 Å². The molecule has 50 heavy (non-hydrogen) atoms. The monoisotopic (exact) mass is 667 g/mol. The van der Waals surface area contributed by atoms with Crippen LogP contribution in [0.25, 0.3) is 0 Å². The fraction of sp³-hybridized carbons (Fsp3) is 0.171. The molecule has 3 amide bonds. The van der Waals surface area contributed by atoms with Gasteiger partial charge in [0.15, 0.2) is 12.1 Å². The molecular weight excluding hydrogens is 630 g/mol. The van der Waals surface area contributed by atoms with Crippen LogP contribution < -0.4 is 20.7 Å². The molecule has 1 saturated heterocycles. The zero-order valence-corrected chi connectivity index (χ0v) is 27.2. The van der Waals surface area contributed by atoms with E-state index in [0.29, 0.717) is 17.7 Å². The normalized spacial score (nSPS) is 15.6. The van der Waals surface area contributed by atoms with E-state index < -0.39 is 42.2 Å². The topological polar surface area (TPSA) is 123 Å². The Hall–Kier alpha value is -6.22. The van der Waals surface area contributed by atoms with Gasteiger partial charge in [-0.15, -0.1) is 0 Å². The molecule has 0 spiro atoms. The molecule has 3 atom stereocenters. The van der Waals surface area contributed by atoms with E-state index in [1.54, 1.807) is 24.3 Å². The second kappa shape index (κ2) is 16.3. The lowest BCUT2D eigenvalue weighted by atomic mass is 10.0. The maximum absolute atomic E-state index is 13.5. The minimum atomic E-state index is -0.982. The molecule has 1 aliphatic rings. The summed E-state index contributed by atoms with van der Waals surface area (Å²) in [5.74, 6) is -1.31. The Labute approximate surface area is 290 Å². The molecule has 6 rings (SSSR count). The van der Waals surface area contributed by atoms with Gasteiger partial charge in [-0.1, -0.05) is 121 Å². The van der Waals surface area contributed by atoms with Gasteiger partial charge in [-0.05, 0) is 52.9 Å². The molecule has 1 aliphatic heterocycles. The van der Waals surface area contributed by atoms with Crippen molar-refractivity contribution >= 4 is 23.7 Å². The molecule has 0 aliphatic carbocycles. The van der Waals surface area contributed by atoms with Crippen LogP contribution in [0.4, 0.5) is 0 Å². The molecule has 0 bridgehead atoms. The third-order valence-electron chi connectivity index (χ3n) is 8.37. The first-order chi connectivity index (χ1) is 24.4. The summed E-state index contributed by atoms with van der Waals surface area (Å²) in [4.78, 5) is 52.2. The highest BCUT2D eigenvalue weighted by molar-refractivity contribution is 5.95. The number of nitrogens with one attached hydrogen (secondary N) is 3. The van der Waals surface area contributed by atoms with Crippen LogP contribution in [0, 0.1) is 0 Å². The number of amides is 3. The standard InChI is InChI=1S/C41H37N3O6/c45-35(26-21-28-13-5-1-6-14-28)42-34(27-29-15-7-2-8-16-29)38(46)43-36-39(47)44-40(36)49-33-24-22-32(23-25-33)41(48)50-37(30-17-9-3-10-18-30)31-19-11-4-12-20-31/h1-20,22-25,34,36-37,40H,21,26-27H2,(H,42,45)(H,43,46)(H,44,47)/t34-,36+,40-/m0/s1. The largest absolute Gasteiger partial charge is 0.468 e. The molecule has 3 N–H and O–H groups in total. The highest BCUT2D eigenvalue weighted by atomic mass is 16.5. The van der Waals surface area contributed by atoms with E-state index in [4.69, 9.17) is 9.47 Å². The summed E-state index contributed by atoms with van der Waals surface area (Å²) < 4.78 is 11.9. The van der Waals surface area contributed by atoms with Crippen LogP contribution in [-0.2, 0) is 32.0 Å². The molecular formula is C41H37N3O6. The molecule has 5 aromatic carbocycles. The van der Waals surface area contributed by atoms with Crippen molar-refractivity contribution in [2.45, 2.75) is 43.7 Å². The lowest BCUT2D eigenvalue weighted by Gasteiger charge is -2.37. The molecule has 0 aromatic heterocycles. The van der Waals surface area contributed by atoms with E-state index >= 15 is 0 Å². The summed E-state index contributed by atoms with van der Waals surface area (Å²) >= 11 is 0. The molecule has 5 aromatic rings. The highest BCUT2D eigenvalue weighted by Gasteiger charge is 2.43. The molecule has 0 unspecified atom stereocenters. The van der Waals surface area contributed by atoms with E-state index in [1.807, 2.05) is 121 Å². The fourth-order valence-corrected chi connectivity index (χ4v) is 5.65. The van der Waals surface area contributed by atoms with Crippen LogP contribution in [0.5, 0.6) is 5.75 Å². The number of benzene rings is 5. The Morgan fingerprint density at radius 2 is 1.22 bits per heavy atom. The summed E-state index contributed by atoms with van der Waals surface area (Å²) in [5, 5.41) is 8.27. The molecule has 9 nitrogen and oxygen atoms in total. The molecule has 1 fully saturated rings. The van der Waals surface area contributed by atoms with Gasteiger partial charge in [0.2, 0.25) is 18.0 Å². The number of carbonyl (C=O) groups excluding carboxylic acids is 4. The van der Waals surface area contributed by atoms with Gasteiger partial charge >= 0.3 is 5.97 Å². The second-order valence-electron chi connectivity index (χ2n) is 12.0. The Kier molecular flexibility index (Phi) is 10.9. The van der Waals surface area contributed by atoms with Crippen LogP contribution in [0.2, 0.25) is 0 Å². The van der Waals surface area contributed by atoms with Crippen molar-refractivity contribution in [3.8, 4) is 5.75 Å². The molecule has 9 heteroatoms. The van der Waals surface area contributed by atoms with Crippen molar-refractivity contribution in [3.05, 3.63) is 173 Å². The smallest absolute Gasteiger partial charge is 0.339 e. The van der Waals surface area contributed by atoms with Crippen molar-refractivity contribution in [2.24, 2.45) is 0 Å². The summed E-state index contributed by atoms with van der Waals surface area (Å²) in [5.41, 5.74) is 3.89. The first-order valence-electron chi connectivity index (χ1n) is 16.5. The Bertz CT molecular complexity index is 1850. The van der Waals surface area contributed by atoms with E-state index in [0.717, 1.165) is 22.3 Å². The number of β-lactam (4-membered cyclic amide) rings is 1. The van der Waals surface area contributed by atoms with Gasteiger partial charge in [0.05, 0.1) is 5.56 Å². The molecule has 1 heterocycles. The predicted octanol–water partition coefficient (Wildman–Crippen LogP) is 5.31.